The summed E-state index contributed by atoms with van der Waals surface area (Å²) in [5.74, 6) is 0. The number of hydrogen-bond acceptors (Lipinski definition) is 0. The second-order valence-corrected chi connectivity index (χ2v) is 1.37. The molecule has 0 aromatic rings. The van der Waals surface area contributed by atoms with E-state index in [0.29, 0.717) is 0 Å². The van der Waals surface area contributed by atoms with Crippen molar-refractivity contribution < 1.29 is 0 Å². The lowest BCUT2D eigenvalue weighted by molar-refractivity contribution is 1.08. The van der Waals surface area contributed by atoms with Crippen molar-refractivity contribution in [3.8, 4) is 0 Å². The predicted molar refractivity (Wildman–Crippen MR) is 35.3 cm³/mol. The summed E-state index contributed by atoms with van der Waals surface area (Å²) in [5.41, 5.74) is 0. The van der Waals surface area contributed by atoms with Crippen molar-refractivity contribution in [2.24, 2.45) is 0 Å². The third-order valence-electron chi connectivity index (χ3n) is 0.289. The average molecular weight is 143 g/mol. The fraction of sp³-hybridized carbons (Fsp3) is 1.00. The van der Waals surface area contributed by atoms with Gasteiger partial charge in [-0.3, -0.25) is 0 Å². The van der Waals surface area contributed by atoms with Gasteiger partial charge in [-0.05, 0) is 0 Å². The van der Waals surface area contributed by atoms with Gasteiger partial charge in [0, 0.05) is 0 Å². The zero-order valence-electron chi connectivity index (χ0n) is 3.81. The van der Waals surface area contributed by atoms with Crippen molar-refractivity contribution in [1.82, 2.24) is 0 Å². The summed E-state index contributed by atoms with van der Waals surface area (Å²) >= 11 is 2.66. The minimum Gasteiger partial charge on any atom is -0.147 e. The fourth-order valence-corrected chi connectivity index (χ4v) is 0. The molecule has 0 rings (SSSR count). The number of halogens is 2. The monoisotopic (exact) mass is 142 g/mol. The van der Waals surface area contributed by atoms with E-state index in [1.165, 1.54) is 11.7 Å². The Morgan fingerprint density at radius 3 is 1.50 bits per heavy atom. The SMILES string of the molecule is CC[CH2][Al].Cl.Cl. The fourth-order valence-electron chi connectivity index (χ4n) is 0. The minimum absolute atomic E-state index is 0. The van der Waals surface area contributed by atoms with Gasteiger partial charge in [-0.15, -0.1) is 30.1 Å². The summed E-state index contributed by atoms with van der Waals surface area (Å²) in [5, 5.41) is 1.24. The molecule has 0 aliphatic carbocycles. The molecule has 0 aliphatic heterocycles. The molecule has 0 heterocycles. The van der Waals surface area contributed by atoms with Crippen molar-refractivity contribution in [2.45, 2.75) is 18.6 Å². The zero-order valence-corrected chi connectivity index (χ0v) is 6.60. The molecular formula is C3H9AlCl2. The molecule has 0 aromatic heterocycles. The highest BCUT2D eigenvalue weighted by Gasteiger charge is 1.56. The third-order valence-corrected chi connectivity index (χ3v) is 0.866. The molecule has 0 bridgehead atoms. The van der Waals surface area contributed by atoms with Crippen LogP contribution in [0.1, 0.15) is 13.3 Å². The predicted octanol–water partition coefficient (Wildman–Crippen LogP) is 1.83. The summed E-state index contributed by atoms with van der Waals surface area (Å²) in [6.07, 6.45) is 1.28. The number of hydrogen-bond donors (Lipinski definition) is 0. The van der Waals surface area contributed by atoms with E-state index in [0.717, 1.165) is 0 Å². The van der Waals surface area contributed by atoms with Crippen LogP contribution in [0.25, 0.3) is 0 Å². The highest BCUT2D eigenvalue weighted by Crippen LogP contribution is 1.73. The Hall–Kier alpha value is 1.11. The highest BCUT2D eigenvalue weighted by atomic mass is 35.5. The molecule has 38 valence electrons. The van der Waals surface area contributed by atoms with Crippen LogP contribution in [0.4, 0.5) is 0 Å². The molecule has 6 heavy (non-hydrogen) atoms. The van der Waals surface area contributed by atoms with E-state index in [9.17, 15) is 0 Å². The molecular weight excluding hydrogens is 134 g/mol. The first-order chi connectivity index (χ1) is 1.91. The Morgan fingerprint density at radius 2 is 1.50 bits per heavy atom. The van der Waals surface area contributed by atoms with Crippen LogP contribution >= 0.6 is 24.8 Å². The Balaban J connectivity index is -0.0000000450. The molecule has 0 nitrogen and oxygen atoms in total. The topological polar surface area (TPSA) is 0 Å². The maximum atomic E-state index is 2.66. The van der Waals surface area contributed by atoms with Gasteiger partial charge in [0.25, 0.3) is 0 Å². The van der Waals surface area contributed by atoms with Gasteiger partial charge in [-0.2, -0.15) is 0 Å². The first-order valence-corrected chi connectivity index (χ1v) is 2.43. The van der Waals surface area contributed by atoms with Gasteiger partial charge >= 0.3 is 0 Å². The lowest BCUT2D eigenvalue weighted by Crippen LogP contribution is -1.55. The molecule has 0 amide bonds. The van der Waals surface area contributed by atoms with E-state index >= 15 is 0 Å². The standard InChI is InChI=1S/C3H7.Al.2ClH/c1-3-2;;;/h1,3H2,2H3;;2*1H. The lowest BCUT2D eigenvalue weighted by Gasteiger charge is -1.68. The van der Waals surface area contributed by atoms with Gasteiger partial charge in [-0.25, -0.2) is 0 Å². The average Bonchev–Trinajstić information content (AvgIpc) is 1.37. The molecule has 2 radical (unpaired) electrons. The van der Waals surface area contributed by atoms with E-state index in [1.54, 1.807) is 0 Å². The van der Waals surface area contributed by atoms with Crippen LogP contribution < -0.4 is 0 Å². The van der Waals surface area contributed by atoms with E-state index in [2.05, 4.69) is 23.2 Å². The Bertz CT molecular complexity index is 10.8. The van der Waals surface area contributed by atoms with Crippen molar-refractivity contribution in [2.75, 3.05) is 0 Å². The molecule has 0 fully saturated rings. The zero-order chi connectivity index (χ0) is 3.41. The minimum atomic E-state index is 0. The number of rotatable bonds is 1. The van der Waals surface area contributed by atoms with Crippen molar-refractivity contribution in [1.29, 1.82) is 0 Å². The first kappa shape index (κ1) is 15.7. The van der Waals surface area contributed by atoms with Crippen molar-refractivity contribution in [3.05, 3.63) is 0 Å². The van der Waals surface area contributed by atoms with Gasteiger partial charge in [0.2, 0.25) is 0 Å². The van der Waals surface area contributed by atoms with Gasteiger partial charge in [0.1, 0.15) is 16.3 Å². The van der Waals surface area contributed by atoms with Crippen molar-refractivity contribution >= 4 is 41.1 Å². The van der Waals surface area contributed by atoms with Crippen LogP contribution in [0.2, 0.25) is 5.28 Å². The van der Waals surface area contributed by atoms with Crippen LogP contribution in [0, 0.1) is 0 Å². The maximum absolute atomic E-state index is 2.66. The van der Waals surface area contributed by atoms with Gasteiger partial charge in [-0.1, -0.05) is 13.3 Å². The molecule has 0 unspecified atom stereocenters. The van der Waals surface area contributed by atoms with E-state index < -0.39 is 0 Å². The summed E-state index contributed by atoms with van der Waals surface area (Å²) in [6, 6.07) is 0. The Labute approximate surface area is 59.9 Å². The summed E-state index contributed by atoms with van der Waals surface area (Å²) in [7, 11) is 0. The van der Waals surface area contributed by atoms with Crippen LogP contribution in [0.3, 0.4) is 0 Å². The van der Waals surface area contributed by atoms with Gasteiger partial charge < -0.3 is 0 Å². The third kappa shape index (κ3) is 19.4. The largest absolute Gasteiger partial charge is 0.147 e. The molecule has 0 saturated carbocycles. The highest BCUT2D eigenvalue weighted by molar-refractivity contribution is 6.08. The van der Waals surface area contributed by atoms with E-state index in [-0.39, 0.29) is 24.8 Å². The smallest absolute Gasteiger partial charge is 0.118 e. The molecule has 3 heteroatoms. The molecule has 0 saturated heterocycles. The van der Waals surface area contributed by atoms with Gasteiger partial charge in [0.15, 0.2) is 0 Å². The quantitative estimate of drug-likeness (QED) is 0.491. The molecule has 0 aromatic carbocycles. The maximum Gasteiger partial charge on any atom is 0.118 e. The summed E-state index contributed by atoms with van der Waals surface area (Å²) in [4.78, 5) is 0. The second kappa shape index (κ2) is 16.5. The molecule has 0 N–H and O–H groups in total. The first-order valence-electron chi connectivity index (χ1n) is 1.62. The summed E-state index contributed by atoms with van der Waals surface area (Å²) < 4.78 is 0. The van der Waals surface area contributed by atoms with Crippen LogP contribution in [-0.4, -0.2) is 16.3 Å². The second-order valence-electron chi connectivity index (χ2n) is 0.789. The van der Waals surface area contributed by atoms with E-state index in [4.69, 9.17) is 0 Å². The van der Waals surface area contributed by atoms with Crippen LogP contribution in [-0.2, 0) is 0 Å². The van der Waals surface area contributed by atoms with Gasteiger partial charge in [0.05, 0.1) is 0 Å². The van der Waals surface area contributed by atoms with Crippen molar-refractivity contribution in [3.63, 3.8) is 0 Å². The normalized spacial score (nSPS) is 4.83. The van der Waals surface area contributed by atoms with E-state index in [1.807, 2.05) is 0 Å². The van der Waals surface area contributed by atoms with Crippen LogP contribution in [0.5, 0.6) is 0 Å². The molecule has 0 spiro atoms. The Morgan fingerprint density at radius 1 is 1.33 bits per heavy atom. The Kier molecular flexibility index (Phi) is 43.2. The molecule has 0 atom stereocenters. The molecule has 0 aliphatic rings. The summed E-state index contributed by atoms with van der Waals surface area (Å²) in [6.45, 7) is 2.16. The lowest BCUT2D eigenvalue weighted by atomic mass is 10.6. The van der Waals surface area contributed by atoms with Crippen LogP contribution in [0.15, 0.2) is 0 Å².